The number of nitrogens with one attached hydrogen (secondary N) is 2. The van der Waals surface area contributed by atoms with Crippen LogP contribution in [0.1, 0.15) is 25.3 Å². The zero-order chi connectivity index (χ0) is 17.4. The van der Waals surface area contributed by atoms with Crippen molar-refractivity contribution in [3.05, 3.63) is 64.1 Å². The lowest BCUT2D eigenvalue weighted by Crippen LogP contribution is -2.47. The molecule has 6 heteroatoms. The zero-order valence-electron chi connectivity index (χ0n) is 13.6. The number of benzene rings is 2. The Morgan fingerprint density at radius 1 is 1.12 bits per heavy atom. The molecule has 0 heterocycles. The third kappa shape index (κ3) is 5.71. The maximum Gasteiger partial charge on any atom is 0.242 e. The fraction of sp³-hybridized carbons (Fsp3) is 0.278. The van der Waals surface area contributed by atoms with Crippen molar-refractivity contribution in [3.8, 4) is 0 Å². The van der Waals surface area contributed by atoms with Crippen molar-refractivity contribution in [2.75, 3.05) is 12.0 Å². The number of carbonyl (C=O) groups excluding carboxylic acids is 1. The van der Waals surface area contributed by atoms with Crippen LogP contribution in [0.5, 0.6) is 0 Å². The van der Waals surface area contributed by atoms with Crippen LogP contribution in [-0.2, 0) is 11.2 Å². The lowest BCUT2D eigenvalue weighted by atomic mass is 10.1. The molecular formula is C18H21Cl2N3O. The normalized spacial score (nSPS) is 10.5. The first-order valence-electron chi connectivity index (χ1n) is 7.91. The van der Waals surface area contributed by atoms with Gasteiger partial charge in [0, 0.05) is 11.6 Å². The molecule has 2 rings (SSSR count). The highest BCUT2D eigenvalue weighted by Crippen LogP contribution is 2.24. The summed E-state index contributed by atoms with van der Waals surface area (Å²) in [6.07, 6.45) is 2.25. The number of halogens is 2. The van der Waals surface area contributed by atoms with Crippen LogP contribution in [0.15, 0.2) is 48.5 Å². The molecule has 0 aliphatic heterocycles. The Morgan fingerprint density at radius 2 is 1.88 bits per heavy atom. The molecule has 0 atom stereocenters. The molecule has 2 aromatic rings. The molecule has 2 N–H and O–H groups in total. The number of nitrogens with zero attached hydrogens (tertiary/aromatic N) is 1. The molecule has 0 saturated heterocycles. The van der Waals surface area contributed by atoms with Crippen LogP contribution in [0.2, 0.25) is 10.0 Å². The third-order valence-electron chi connectivity index (χ3n) is 3.49. The molecule has 0 radical (unpaired) electrons. The maximum atomic E-state index is 12.5. The highest BCUT2D eigenvalue weighted by molar-refractivity contribution is 6.36. The van der Waals surface area contributed by atoms with Crippen LogP contribution in [0, 0.1) is 0 Å². The van der Waals surface area contributed by atoms with Gasteiger partial charge < -0.3 is 5.43 Å². The largest absolute Gasteiger partial charge is 0.302 e. The maximum absolute atomic E-state index is 12.5. The monoisotopic (exact) mass is 365 g/mol. The molecule has 0 aliphatic rings. The van der Waals surface area contributed by atoms with Gasteiger partial charge in [-0.15, -0.1) is 5.53 Å². The van der Waals surface area contributed by atoms with Gasteiger partial charge in [0.05, 0.1) is 17.1 Å². The second kappa shape index (κ2) is 9.52. The van der Waals surface area contributed by atoms with E-state index in [1.807, 2.05) is 30.3 Å². The first-order valence-corrected chi connectivity index (χ1v) is 8.66. The van der Waals surface area contributed by atoms with Crippen LogP contribution >= 0.6 is 23.2 Å². The summed E-state index contributed by atoms with van der Waals surface area (Å²) in [6.45, 7) is 2.70. The number of unbranched alkanes of at least 4 members (excludes halogenated alkanes) is 1. The topological polar surface area (TPSA) is 44.4 Å². The van der Waals surface area contributed by atoms with Crippen molar-refractivity contribution in [2.45, 2.75) is 26.2 Å². The van der Waals surface area contributed by atoms with Crippen LogP contribution in [0.25, 0.3) is 0 Å². The van der Waals surface area contributed by atoms with E-state index < -0.39 is 0 Å². The minimum Gasteiger partial charge on any atom is -0.302 e. The zero-order valence-corrected chi connectivity index (χ0v) is 15.1. The van der Waals surface area contributed by atoms with Crippen LogP contribution in [-0.4, -0.2) is 17.5 Å². The molecule has 128 valence electrons. The molecule has 0 fully saturated rings. The summed E-state index contributed by atoms with van der Waals surface area (Å²) in [5.41, 5.74) is 7.58. The van der Waals surface area contributed by atoms with Crippen molar-refractivity contribution >= 4 is 34.8 Å². The summed E-state index contributed by atoms with van der Waals surface area (Å²) in [4.78, 5) is 12.5. The molecule has 2 aromatic carbocycles. The van der Waals surface area contributed by atoms with Gasteiger partial charge in [0.1, 0.15) is 0 Å². The SMILES string of the molecule is CCCCN(NNc1ccc(Cl)cc1Cl)C(=O)Cc1ccccc1. The van der Waals surface area contributed by atoms with E-state index in [1.165, 1.54) is 0 Å². The van der Waals surface area contributed by atoms with E-state index in [-0.39, 0.29) is 5.91 Å². The standard InChI is InChI=1S/C18H21Cl2N3O/c1-2-3-11-23(18(24)12-14-7-5-4-6-8-14)22-21-17-10-9-15(19)13-16(17)20/h4-10,13,21-22H,2-3,11-12H2,1H3. The fourth-order valence-electron chi connectivity index (χ4n) is 2.14. The van der Waals surface area contributed by atoms with Gasteiger partial charge in [0.15, 0.2) is 0 Å². The number of hydrogen-bond acceptors (Lipinski definition) is 3. The number of carbonyl (C=O) groups is 1. The van der Waals surface area contributed by atoms with E-state index in [0.29, 0.717) is 28.7 Å². The minimum absolute atomic E-state index is 0.00719. The van der Waals surface area contributed by atoms with E-state index in [9.17, 15) is 4.79 Å². The van der Waals surface area contributed by atoms with Crippen molar-refractivity contribution in [1.82, 2.24) is 10.5 Å². The smallest absolute Gasteiger partial charge is 0.242 e. The van der Waals surface area contributed by atoms with Crippen molar-refractivity contribution in [2.24, 2.45) is 0 Å². The number of rotatable bonds is 8. The highest BCUT2D eigenvalue weighted by atomic mass is 35.5. The minimum atomic E-state index is -0.00719. The first kappa shape index (κ1) is 18.6. The quantitative estimate of drug-likeness (QED) is 0.666. The number of hydrogen-bond donors (Lipinski definition) is 2. The molecule has 24 heavy (non-hydrogen) atoms. The van der Waals surface area contributed by atoms with Crippen molar-refractivity contribution in [3.63, 3.8) is 0 Å². The Hall–Kier alpha value is -1.75. The van der Waals surface area contributed by atoms with Crippen LogP contribution < -0.4 is 11.0 Å². The van der Waals surface area contributed by atoms with Crippen molar-refractivity contribution in [1.29, 1.82) is 0 Å². The summed E-state index contributed by atoms with van der Waals surface area (Å²) >= 11 is 12.0. The number of anilines is 1. The summed E-state index contributed by atoms with van der Waals surface area (Å²) in [7, 11) is 0. The molecule has 0 bridgehead atoms. The lowest BCUT2D eigenvalue weighted by molar-refractivity contribution is -0.133. The van der Waals surface area contributed by atoms with E-state index >= 15 is 0 Å². The summed E-state index contributed by atoms with van der Waals surface area (Å²) in [5, 5.41) is 2.64. The van der Waals surface area contributed by atoms with Crippen molar-refractivity contribution < 1.29 is 4.79 Å². The predicted octanol–water partition coefficient (Wildman–Crippen LogP) is 4.70. The second-order valence-electron chi connectivity index (χ2n) is 5.42. The third-order valence-corrected chi connectivity index (χ3v) is 4.04. The van der Waals surface area contributed by atoms with E-state index in [1.54, 1.807) is 23.2 Å². The lowest BCUT2D eigenvalue weighted by Gasteiger charge is -2.24. The summed E-state index contributed by atoms with van der Waals surface area (Å²) in [6, 6.07) is 14.8. The predicted molar refractivity (Wildman–Crippen MR) is 100.0 cm³/mol. The van der Waals surface area contributed by atoms with Gasteiger partial charge in [0.2, 0.25) is 5.91 Å². The van der Waals surface area contributed by atoms with Gasteiger partial charge in [-0.2, -0.15) is 0 Å². The Labute approximate surface area is 152 Å². The molecule has 1 amide bonds. The average molecular weight is 366 g/mol. The van der Waals surface area contributed by atoms with E-state index in [4.69, 9.17) is 23.2 Å². The Balaban J connectivity index is 2.00. The molecular weight excluding hydrogens is 345 g/mol. The van der Waals surface area contributed by atoms with E-state index in [0.717, 1.165) is 18.4 Å². The molecule has 0 spiro atoms. The molecule has 0 aliphatic carbocycles. The first-order chi connectivity index (χ1) is 11.6. The number of amides is 1. The second-order valence-corrected chi connectivity index (χ2v) is 6.27. The van der Waals surface area contributed by atoms with Gasteiger partial charge in [-0.1, -0.05) is 66.9 Å². The summed E-state index contributed by atoms with van der Waals surface area (Å²) < 4.78 is 0. The average Bonchev–Trinajstić information content (AvgIpc) is 2.57. The van der Waals surface area contributed by atoms with Crippen LogP contribution in [0.3, 0.4) is 0 Å². The highest BCUT2D eigenvalue weighted by Gasteiger charge is 2.14. The van der Waals surface area contributed by atoms with Gasteiger partial charge in [-0.3, -0.25) is 9.80 Å². The van der Waals surface area contributed by atoms with Gasteiger partial charge >= 0.3 is 0 Å². The molecule has 0 unspecified atom stereocenters. The fourth-order valence-corrected chi connectivity index (χ4v) is 2.60. The van der Waals surface area contributed by atoms with Gasteiger partial charge in [-0.05, 0) is 30.2 Å². The van der Waals surface area contributed by atoms with Crippen LogP contribution in [0.4, 0.5) is 5.69 Å². The number of hydrazine groups is 2. The van der Waals surface area contributed by atoms with Gasteiger partial charge in [-0.25, -0.2) is 0 Å². The summed E-state index contributed by atoms with van der Waals surface area (Å²) in [5.74, 6) is -0.00719. The van der Waals surface area contributed by atoms with E-state index in [2.05, 4.69) is 17.9 Å². The Morgan fingerprint density at radius 3 is 2.54 bits per heavy atom. The molecule has 0 aromatic heterocycles. The van der Waals surface area contributed by atoms with Gasteiger partial charge in [0.25, 0.3) is 0 Å². The molecule has 0 saturated carbocycles. The Kier molecular flexibility index (Phi) is 7.37. The Bertz CT molecular complexity index is 665. The molecule has 4 nitrogen and oxygen atoms in total.